The maximum absolute atomic E-state index is 13.8. The van der Waals surface area contributed by atoms with Crippen molar-refractivity contribution in [2.24, 2.45) is 0 Å². The molecule has 0 aliphatic heterocycles. The normalized spacial score (nSPS) is 11.3. The van der Waals surface area contributed by atoms with Gasteiger partial charge in [-0.15, -0.1) is 0 Å². The van der Waals surface area contributed by atoms with E-state index in [9.17, 15) is 13.2 Å². The molecule has 0 saturated carbocycles. The standard InChI is InChI=1S/C22H9Br4F3/c23-17-5-11-4-15(16-8-21(28)22(29)9-20(16)26)18(24)6-10(11)3-14(17)13-2-1-12(27)7-19(13)25/h1-9H. The topological polar surface area (TPSA) is 0 Å². The van der Waals surface area contributed by atoms with E-state index in [1.54, 1.807) is 6.07 Å². The Morgan fingerprint density at radius 3 is 1.48 bits per heavy atom. The predicted molar refractivity (Wildman–Crippen MR) is 125 cm³/mol. The number of hydrogen-bond acceptors (Lipinski definition) is 0. The smallest absolute Gasteiger partial charge is 0.159 e. The third-order valence-corrected chi connectivity index (χ3v) is 7.16. The Labute approximate surface area is 198 Å². The van der Waals surface area contributed by atoms with Gasteiger partial charge in [0.2, 0.25) is 0 Å². The van der Waals surface area contributed by atoms with E-state index in [4.69, 9.17) is 0 Å². The fraction of sp³-hybridized carbons (Fsp3) is 0. The van der Waals surface area contributed by atoms with Crippen molar-refractivity contribution in [1.82, 2.24) is 0 Å². The highest BCUT2D eigenvalue weighted by atomic mass is 79.9. The average Bonchev–Trinajstić information content (AvgIpc) is 2.65. The predicted octanol–water partition coefficient (Wildman–Crippen LogP) is 9.64. The minimum atomic E-state index is -0.909. The van der Waals surface area contributed by atoms with E-state index in [1.165, 1.54) is 18.2 Å². The van der Waals surface area contributed by atoms with Crippen LogP contribution in [-0.4, -0.2) is 0 Å². The molecule has 0 radical (unpaired) electrons. The zero-order valence-electron chi connectivity index (χ0n) is 14.3. The Bertz CT molecular complexity index is 1290. The Hall–Kier alpha value is -1.15. The lowest BCUT2D eigenvalue weighted by atomic mass is 9.97. The maximum Gasteiger partial charge on any atom is 0.159 e. The Kier molecular flexibility index (Phi) is 5.95. The van der Waals surface area contributed by atoms with E-state index in [0.717, 1.165) is 42.5 Å². The van der Waals surface area contributed by atoms with Crippen molar-refractivity contribution in [2.75, 3.05) is 0 Å². The second-order valence-corrected chi connectivity index (χ2v) is 9.80. The summed E-state index contributed by atoms with van der Waals surface area (Å²) in [6.45, 7) is 0. The first-order valence-electron chi connectivity index (χ1n) is 8.28. The third-order valence-electron chi connectivity index (χ3n) is 4.53. The summed E-state index contributed by atoms with van der Waals surface area (Å²) in [4.78, 5) is 0. The molecule has 0 heterocycles. The molecule has 7 heteroatoms. The van der Waals surface area contributed by atoms with Crippen LogP contribution in [0.5, 0.6) is 0 Å². The molecule has 0 spiro atoms. The summed E-state index contributed by atoms with van der Waals surface area (Å²) in [6.07, 6.45) is 0. The van der Waals surface area contributed by atoms with Crippen LogP contribution >= 0.6 is 63.7 Å². The molecule has 0 aliphatic carbocycles. The summed E-state index contributed by atoms with van der Waals surface area (Å²) in [7, 11) is 0. The van der Waals surface area contributed by atoms with Crippen molar-refractivity contribution in [3.8, 4) is 22.3 Å². The zero-order chi connectivity index (χ0) is 20.9. The lowest BCUT2D eigenvalue weighted by Crippen LogP contribution is -1.90. The third kappa shape index (κ3) is 4.07. The maximum atomic E-state index is 13.8. The number of rotatable bonds is 2. The van der Waals surface area contributed by atoms with Crippen molar-refractivity contribution in [2.45, 2.75) is 0 Å². The van der Waals surface area contributed by atoms with Gasteiger partial charge in [0.1, 0.15) is 5.82 Å². The average molecular weight is 650 g/mol. The van der Waals surface area contributed by atoms with Crippen molar-refractivity contribution < 1.29 is 13.2 Å². The largest absolute Gasteiger partial charge is 0.207 e. The van der Waals surface area contributed by atoms with E-state index in [2.05, 4.69) is 63.7 Å². The molecule has 29 heavy (non-hydrogen) atoms. The van der Waals surface area contributed by atoms with E-state index < -0.39 is 11.6 Å². The molecule has 0 nitrogen and oxygen atoms in total. The van der Waals surface area contributed by atoms with Crippen LogP contribution in [0.15, 0.2) is 72.5 Å². The van der Waals surface area contributed by atoms with Crippen LogP contribution in [0.4, 0.5) is 13.2 Å². The van der Waals surface area contributed by atoms with Gasteiger partial charge in [-0.25, -0.2) is 13.2 Å². The Morgan fingerprint density at radius 2 is 0.897 bits per heavy atom. The van der Waals surface area contributed by atoms with Gasteiger partial charge in [0, 0.05) is 23.5 Å². The fourth-order valence-electron chi connectivity index (χ4n) is 3.14. The van der Waals surface area contributed by atoms with Crippen LogP contribution in [0.3, 0.4) is 0 Å². The van der Waals surface area contributed by atoms with Gasteiger partial charge in [-0.3, -0.25) is 0 Å². The van der Waals surface area contributed by atoms with Crippen LogP contribution < -0.4 is 0 Å². The molecule has 0 bridgehead atoms. The van der Waals surface area contributed by atoms with Gasteiger partial charge < -0.3 is 0 Å². The van der Waals surface area contributed by atoms with Crippen LogP contribution in [0.25, 0.3) is 33.0 Å². The molecule has 0 aromatic heterocycles. The molecule has 146 valence electrons. The van der Waals surface area contributed by atoms with Gasteiger partial charge in [0.25, 0.3) is 0 Å². The molecule has 0 fully saturated rings. The van der Waals surface area contributed by atoms with E-state index in [-0.39, 0.29) is 5.82 Å². The van der Waals surface area contributed by atoms with E-state index in [0.29, 0.717) is 14.5 Å². The minimum Gasteiger partial charge on any atom is -0.207 e. The van der Waals surface area contributed by atoms with Gasteiger partial charge in [-0.05, 0) is 76.0 Å². The summed E-state index contributed by atoms with van der Waals surface area (Å²) in [6, 6.07) is 14.6. The van der Waals surface area contributed by atoms with Crippen LogP contribution in [0.2, 0.25) is 0 Å². The Morgan fingerprint density at radius 1 is 0.448 bits per heavy atom. The number of benzene rings is 4. The number of halogens is 7. The first kappa shape index (κ1) is 21.1. The minimum absolute atomic E-state index is 0.318. The molecule has 0 aliphatic rings. The molecule has 4 aromatic carbocycles. The quantitative estimate of drug-likeness (QED) is 0.190. The van der Waals surface area contributed by atoms with Gasteiger partial charge in [-0.2, -0.15) is 0 Å². The van der Waals surface area contributed by atoms with Gasteiger partial charge in [0.15, 0.2) is 11.6 Å². The molecular weight excluding hydrogens is 641 g/mol. The monoisotopic (exact) mass is 646 g/mol. The molecule has 0 N–H and O–H groups in total. The Balaban J connectivity index is 1.91. The molecule has 0 saturated heterocycles. The van der Waals surface area contributed by atoms with Crippen LogP contribution in [0.1, 0.15) is 0 Å². The van der Waals surface area contributed by atoms with Crippen molar-refractivity contribution >= 4 is 74.5 Å². The van der Waals surface area contributed by atoms with E-state index in [1.807, 2.05) is 24.3 Å². The SMILES string of the molecule is Fc1ccc(-c2cc3cc(Br)c(-c4cc(F)c(F)cc4Br)cc3cc2Br)c(Br)c1. The first-order valence-corrected chi connectivity index (χ1v) is 11.4. The molecule has 0 amide bonds. The van der Waals surface area contributed by atoms with Crippen LogP contribution in [0, 0.1) is 17.5 Å². The van der Waals surface area contributed by atoms with Crippen LogP contribution in [-0.2, 0) is 0 Å². The fourth-order valence-corrected chi connectivity index (χ4v) is 5.39. The summed E-state index contributed by atoms with van der Waals surface area (Å²) in [5.74, 6) is -2.13. The highest BCUT2D eigenvalue weighted by molar-refractivity contribution is 9.11. The summed E-state index contributed by atoms with van der Waals surface area (Å²) >= 11 is 13.9. The molecule has 0 atom stereocenters. The summed E-state index contributed by atoms with van der Waals surface area (Å²) in [5, 5.41) is 1.85. The lowest BCUT2D eigenvalue weighted by Gasteiger charge is -2.13. The number of hydrogen-bond donors (Lipinski definition) is 0. The second-order valence-electron chi connectivity index (χ2n) is 6.38. The molecule has 4 aromatic rings. The van der Waals surface area contributed by atoms with Crippen molar-refractivity contribution in [3.63, 3.8) is 0 Å². The highest BCUT2D eigenvalue weighted by Gasteiger charge is 2.15. The van der Waals surface area contributed by atoms with Gasteiger partial charge in [-0.1, -0.05) is 69.8 Å². The second kappa shape index (κ2) is 8.17. The first-order chi connectivity index (χ1) is 13.7. The molecule has 0 unspecified atom stereocenters. The van der Waals surface area contributed by atoms with Crippen molar-refractivity contribution in [1.29, 1.82) is 0 Å². The molecule has 4 rings (SSSR count). The summed E-state index contributed by atoms with van der Waals surface area (Å²) in [5.41, 5.74) is 3.02. The number of fused-ring (bicyclic) bond motifs is 1. The van der Waals surface area contributed by atoms with E-state index >= 15 is 0 Å². The van der Waals surface area contributed by atoms with Gasteiger partial charge >= 0.3 is 0 Å². The van der Waals surface area contributed by atoms with Gasteiger partial charge in [0.05, 0.1) is 0 Å². The molecular formula is C22H9Br4F3. The van der Waals surface area contributed by atoms with Crippen molar-refractivity contribution in [3.05, 3.63) is 89.9 Å². The summed E-state index contributed by atoms with van der Waals surface area (Å²) < 4.78 is 43.4. The lowest BCUT2D eigenvalue weighted by molar-refractivity contribution is 0.508. The zero-order valence-corrected chi connectivity index (χ0v) is 20.7. The highest BCUT2D eigenvalue weighted by Crippen LogP contribution is 2.41.